The van der Waals surface area contributed by atoms with E-state index in [4.69, 9.17) is 4.42 Å². The number of rotatable bonds is 6. The number of aromatic nitrogens is 2. The summed E-state index contributed by atoms with van der Waals surface area (Å²) in [5, 5.41) is 11.1. The van der Waals surface area contributed by atoms with Crippen molar-refractivity contribution in [2.45, 2.75) is 13.5 Å². The molecule has 2 N–H and O–H groups in total. The molecule has 0 fully saturated rings. The summed E-state index contributed by atoms with van der Waals surface area (Å²) in [5.41, 5.74) is 2.93. The number of thiophene rings is 1. The number of furan rings is 1. The van der Waals surface area contributed by atoms with Crippen LogP contribution in [-0.2, 0) is 6.54 Å². The number of aryl methyl sites for hydroxylation is 1. The number of carbonyl (C=O) groups excluding carboxylic acids is 2. The van der Waals surface area contributed by atoms with E-state index in [2.05, 4.69) is 15.7 Å². The van der Waals surface area contributed by atoms with Crippen LogP contribution in [0.15, 0.2) is 77.4 Å². The van der Waals surface area contributed by atoms with Gasteiger partial charge in [-0.15, -0.1) is 11.3 Å². The molecule has 0 spiro atoms. The van der Waals surface area contributed by atoms with E-state index in [1.807, 2.05) is 17.7 Å². The van der Waals surface area contributed by atoms with Crippen LogP contribution in [0, 0.1) is 12.7 Å². The minimum atomic E-state index is -0.350. The second-order valence-corrected chi connectivity index (χ2v) is 8.69. The van der Waals surface area contributed by atoms with E-state index < -0.39 is 0 Å². The van der Waals surface area contributed by atoms with Gasteiger partial charge < -0.3 is 15.1 Å². The van der Waals surface area contributed by atoms with Crippen molar-refractivity contribution < 1.29 is 18.4 Å². The van der Waals surface area contributed by atoms with Gasteiger partial charge in [0.05, 0.1) is 23.4 Å². The molecule has 7 nitrogen and oxygen atoms in total. The number of anilines is 2. The summed E-state index contributed by atoms with van der Waals surface area (Å²) in [5.74, 6) is -0.651. The lowest BCUT2D eigenvalue weighted by Crippen LogP contribution is -2.12. The van der Waals surface area contributed by atoms with Crippen molar-refractivity contribution in [1.82, 2.24) is 9.78 Å². The number of halogens is 1. The number of nitrogens with zero attached hydrogens (tertiary/aromatic N) is 2. The molecule has 0 radical (unpaired) electrons. The van der Waals surface area contributed by atoms with Crippen LogP contribution in [0.3, 0.4) is 0 Å². The van der Waals surface area contributed by atoms with Crippen LogP contribution < -0.4 is 10.6 Å². The molecule has 3 aromatic heterocycles. The minimum absolute atomic E-state index is 0.218. The number of benzene rings is 2. The molecule has 0 saturated heterocycles. The van der Waals surface area contributed by atoms with E-state index in [0.717, 1.165) is 21.5 Å². The molecule has 0 bridgehead atoms. The number of carbonyl (C=O) groups is 2. The molecule has 2 amide bonds. The van der Waals surface area contributed by atoms with Gasteiger partial charge in [0.2, 0.25) is 0 Å². The molecule has 5 aromatic rings. The van der Waals surface area contributed by atoms with Crippen LogP contribution in [0.2, 0.25) is 0 Å². The fourth-order valence-electron chi connectivity index (χ4n) is 3.52. The lowest BCUT2D eigenvalue weighted by molar-refractivity contribution is 0.0994. The predicted molar refractivity (Wildman–Crippen MR) is 129 cm³/mol. The molecule has 0 aliphatic carbocycles. The van der Waals surface area contributed by atoms with E-state index in [1.165, 1.54) is 29.7 Å². The Balaban J connectivity index is 1.29. The Labute approximate surface area is 197 Å². The van der Waals surface area contributed by atoms with Crippen LogP contribution in [0.1, 0.15) is 31.5 Å². The van der Waals surface area contributed by atoms with Gasteiger partial charge in [-0.3, -0.25) is 14.3 Å². The molecular formula is C25H19FN4O3S. The normalized spacial score (nSPS) is 11.0. The molecule has 5 rings (SSSR count). The van der Waals surface area contributed by atoms with Gasteiger partial charge in [-0.05, 0) is 67.1 Å². The molecule has 0 aliphatic heterocycles. The number of hydrogen-bond acceptors (Lipinski definition) is 5. The highest BCUT2D eigenvalue weighted by atomic mass is 32.1. The summed E-state index contributed by atoms with van der Waals surface area (Å²) in [6, 6.07) is 18.2. The maximum atomic E-state index is 13.2. The molecule has 9 heteroatoms. The molecular weight excluding hydrogens is 455 g/mol. The van der Waals surface area contributed by atoms with E-state index in [0.29, 0.717) is 22.8 Å². The molecule has 0 saturated carbocycles. The van der Waals surface area contributed by atoms with E-state index in [-0.39, 0.29) is 23.4 Å². The van der Waals surface area contributed by atoms with Gasteiger partial charge in [0, 0.05) is 16.8 Å². The highest BCUT2D eigenvalue weighted by Crippen LogP contribution is 2.29. The Kier molecular flexibility index (Phi) is 5.69. The van der Waals surface area contributed by atoms with Gasteiger partial charge in [0.15, 0.2) is 5.76 Å². The lowest BCUT2D eigenvalue weighted by Gasteiger charge is -2.06. The van der Waals surface area contributed by atoms with E-state index >= 15 is 0 Å². The Bertz CT molecular complexity index is 1470. The van der Waals surface area contributed by atoms with Crippen molar-refractivity contribution in [2.75, 3.05) is 10.6 Å². The van der Waals surface area contributed by atoms with Crippen molar-refractivity contribution in [3.63, 3.8) is 0 Å². The summed E-state index contributed by atoms with van der Waals surface area (Å²) >= 11 is 1.35. The van der Waals surface area contributed by atoms with Gasteiger partial charge in [-0.25, -0.2) is 4.39 Å². The van der Waals surface area contributed by atoms with Crippen molar-refractivity contribution in [3.8, 4) is 0 Å². The Hall–Kier alpha value is -4.24. The maximum absolute atomic E-state index is 13.2. The molecule has 3 heterocycles. The minimum Gasteiger partial charge on any atom is -0.459 e. The third-order valence-corrected chi connectivity index (χ3v) is 6.37. The third-order valence-electron chi connectivity index (χ3n) is 5.22. The van der Waals surface area contributed by atoms with Gasteiger partial charge in [0.1, 0.15) is 10.6 Å². The molecule has 0 unspecified atom stereocenters. The van der Waals surface area contributed by atoms with Gasteiger partial charge in [-0.2, -0.15) is 5.10 Å². The SMILES string of the molecule is Cc1nn(Cc2ccc(F)cc2)c2sc(C(=O)Nc3ccc(NC(=O)c4ccco4)cc3)cc12. The zero-order valence-corrected chi connectivity index (χ0v) is 18.9. The average molecular weight is 475 g/mol. The third kappa shape index (κ3) is 4.46. The molecule has 0 atom stereocenters. The van der Waals surface area contributed by atoms with Crippen molar-refractivity contribution >= 4 is 44.7 Å². The van der Waals surface area contributed by atoms with E-state index in [1.54, 1.807) is 48.5 Å². The maximum Gasteiger partial charge on any atom is 0.291 e. The van der Waals surface area contributed by atoms with Gasteiger partial charge in [0.25, 0.3) is 11.8 Å². The second kappa shape index (κ2) is 8.95. The first-order valence-corrected chi connectivity index (χ1v) is 11.3. The summed E-state index contributed by atoms with van der Waals surface area (Å²) in [6.45, 7) is 2.38. The predicted octanol–water partition coefficient (Wildman–Crippen LogP) is 5.69. The van der Waals surface area contributed by atoms with Crippen molar-refractivity contribution in [3.05, 3.63) is 101 Å². The number of amides is 2. The fourth-order valence-corrected chi connectivity index (χ4v) is 4.58. The van der Waals surface area contributed by atoms with Crippen molar-refractivity contribution in [2.24, 2.45) is 0 Å². The van der Waals surface area contributed by atoms with Gasteiger partial charge >= 0.3 is 0 Å². The van der Waals surface area contributed by atoms with Crippen LogP contribution in [0.4, 0.5) is 15.8 Å². The number of nitrogens with one attached hydrogen (secondary N) is 2. The quantitative estimate of drug-likeness (QED) is 0.331. The Morgan fingerprint density at radius 1 is 1.00 bits per heavy atom. The van der Waals surface area contributed by atoms with Gasteiger partial charge in [-0.1, -0.05) is 12.1 Å². The molecule has 170 valence electrons. The van der Waals surface area contributed by atoms with Crippen LogP contribution in [0.25, 0.3) is 10.2 Å². The highest BCUT2D eigenvalue weighted by Gasteiger charge is 2.17. The number of hydrogen-bond donors (Lipinski definition) is 2. The largest absolute Gasteiger partial charge is 0.459 e. The summed E-state index contributed by atoms with van der Waals surface area (Å²) in [4.78, 5) is 26.4. The average Bonchev–Trinajstić information content (AvgIpc) is 3.56. The second-order valence-electron chi connectivity index (χ2n) is 7.66. The Morgan fingerprint density at radius 2 is 1.68 bits per heavy atom. The van der Waals surface area contributed by atoms with Crippen LogP contribution in [0.5, 0.6) is 0 Å². The molecule has 34 heavy (non-hydrogen) atoms. The van der Waals surface area contributed by atoms with Crippen LogP contribution in [-0.4, -0.2) is 21.6 Å². The fraction of sp³-hybridized carbons (Fsp3) is 0.0800. The zero-order valence-electron chi connectivity index (χ0n) is 18.0. The molecule has 2 aromatic carbocycles. The molecule has 0 aliphatic rings. The summed E-state index contributed by atoms with van der Waals surface area (Å²) in [7, 11) is 0. The number of fused-ring (bicyclic) bond motifs is 1. The zero-order chi connectivity index (χ0) is 23.7. The Morgan fingerprint density at radius 3 is 2.32 bits per heavy atom. The first-order chi connectivity index (χ1) is 16.5. The van der Waals surface area contributed by atoms with Crippen molar-refractivity contribution in [1.29, 1.82) is 0 Å². The van der Waals surface area contributed by atoms with Crippen LogP contribution >= 0.6 is 11.3 Å². The van der Waals surface area contributed by atoms with E-state index in [9.17, 15) is 14.0 Å². The first-order valence-electron chi connectivity index (χ1n) is 10.4. The lowest BCUT2D eigenvalue weighted by atomic mass is 10.2. The first kappa shape index (κ1) is 21.6. The summed E-state index contributed by atoms with van der Waals surface area (Å²) < 4.78 is 20.1. The smallest absolute Gasteiger partial charge is 0.291 e. The highest BCUT2D eigenvalue weighted by molar-refractivity contribution is 7.20. The topological polar surface area (TPSA) is 89.2 Å². The monoisotopic (exact) mass is 474 g/mol. The summed E-state index contributed by atoms with van der Waals surface area (Å²) in [6.07, 6.45) is 1.43. The standard InChI is InChI=1S/C25H19FN4O3S/c1-15-20-13-22(34-25(20)30(29-15)14-16-4-6-17(26)7-5-16)24(32)28-19-10-8-18(9-11-19)27-23(31)21-3-2-12-33-21/h2-13H,14H2,1H3,(H,27,31)(H,28,32).